The molecule has 0 spiro atoms. The van der Waals surface area contributed by atoms with Crippen LogP contribution in [0.1, 0.15) is 47.4 Å². The lowest BCUT2D eigenvalue weighted by Gasteiger charge is -2.26. The van der Waals surface area contributed by atoms with Crippen LogP contribution in [-0.4, -0.2) is 43.2 Å². The highest BCUT2D eigenvalue weighted by Crippen LogP contribution is 2.28. The van der Waals surface area contributed by atoms with Gasteiger partial charge in [-0.1, -0.05) is 61.3 Å². The average molecular weight is 556 g/mol. The van der Waals surface area contributed by atoms with Crippen LogP contribution in [0, 0.1) is 0 Å². The van der Waals surface area contributed by atoms with Gasteiger partial charge >= 0.3 is 5.97 Å². The minimum absolute atomic E-state index is 0.111. The number of anilines is 1. The first kappa shape index (κ1) is 27.7. The Morgan fingerprint density at radius 1 is 1.08 bits per heavy atom. The number of esters is 1. The summed E-state index contributed by atoms with van der Waals surface area (Å²) in [6.45, 7) is 5.60. The minimum atomic E-state index is -0.922. The predicted octanol–water partition coefficient (Wildman–Crippen LogP) is 5.62. The van der Waals surface area contributed by atoms with Crippen LogP contribution in [-0.2, 0) is 27.8 Å². The molecule has 0 bridgehead atoms. The smallest absolute Gasteiger partial charge is 0.328 e. The summed E-state index contributed by atoms with van der Waals surface area (Å²) in [7, 11) is 1.27. The molecule has 0 aliphatic carbocycles. The molecule has 0 fully saturated rings. The van der Waals surface area contributed by atoms with Crippen molar-refractivity contribution in [3.05, 3.63) is 87.0 Å². The number of rotatable bonds is 9. The number of methoxy groups -OCH3 is 1. The Balaban J connectivity index is 1.39. The second kappa shape index (κ2) is 12.0. The maximum absolute atomic E-state index is 12.8. The zero-order chi connectivity index (χ0) is 27.3. The summed E-state index contributed by atoms with van der Waals surface area (Å²) in [4.78, 5) is 30.1. The Labute approximate surface area is 232 Å². The fraction of sp³-hybridized carbons (Fsp3) is 0.345. The molecule has 1 aliphatic heterocycles. The van der Waals surface area contributed by atoms with E-state index in [9.17, 15) is 9.59 Å². The number of fused-ring (bicyclic) bond motifs is 1. The van der Waals surface area contributed by atoms with Crippen LogP contribution in [0.25, 0.3) is 0 Å². The molecular weight excluding hydrogens is 525 g/mol. The number of hydrogen-bond acceptors (Lipinski definition) is 6. The molecule has 0 saturated carbocycles. The molecule has 9 heteroatoms. The van der Waals surface area contributed by atoms with Gasteiger partial charge in [0.1, 0.15) is 17.6 Å². The third kappa shape index (κ3) is 6.58. The SMILES string of the molecule is COC(=O)C(Cc1ccc(OCC(C)(C)c2ccc3c(n2)NCCC3)cc1)NC(=O)c1c(Cl)cccc1Cl. The summed E-state index contributed by atoms with van der Waals surface area (Å²) in [6, 6.07) is 15.5. The van der Waals surface area contributed by atoms with Gasteiger partial charge < -0.3 is 20.1 Å². The van der Waals surface area contributed by atoms with E-state index in [-0.39, 0.29) is 27.4 Å². The van der Waals surface area contributed by atoms with E-state index in [0.717, 1.165) is 36.5 Å². The number of carbonyl (C=O) groups is 2. The first-order valence-corrected chi connectivity index (χ1v) is 13.2. The Bertz CT molecular complexity index is 1290. The van der Waals surface area contributed by atoms with Gasteiger partial charge in [-0.3, -0.25) is 4.79 Å². The van der Waals surface area contributed by atoms with Gasteiger partial charge in [0.15, 0.2) is 0 Å². The van der Waals surface area contributed by atoms with Gasteiger partial charge in [0.05, 0.1) is 35.0 Å². The molecule has 38 heavy (non-hydrogen) atoms. The molecule has 0 radical (unpaired) electrons. The van der Waals surface area contributed by atoms with Crippen LogP contribution in [0.5, 0.6) is 5.75 Å². The third-order valence-corrected chi connectivity index (χ3v) is 7.16. The van der Waals surface area contributed by atoms with Crippen molar-refractivity contribution >= 4 is 40.9 Å². The lowest BCUT2D eigenvalue weighted by Crippen LogP contribution is -2.43. The first-order chi connectivity index (χ1) is 18.2. The number of nitrogens with one attached hydrogen (secondary N) is 2. The Morgan fingerprint density at radius 3 is 2.47 bits per heavy atom. The standard InChI is InChI=1S/C29H31Cl2N3O4/c1-29(2,24-14-11-19-6-5-15-32-26(19)34-24)17-38-20-12-9-18(10-13-20)16-23(28(36)37-3)33-27(35)25-21(30)7-4-8-22(25)31/h4,7-14,23H,5-6,15-17H2,1-3H3,(H,32,34)(H,33,35). The Hall–Kier alpha value is -3.29. The topological polar surface area (TPSA) is 89.6 Å². The molecule has 1 unspecified atom stereocenters. The van der Waals surface area contributed by atoms with Crippen molar-refractivity contribution in [2.45, 2.75) is 44.6 Å². The van der Waals surface area contributed by atoms with Gasteiger partial charge in [-0.15, -0.1) is 0 Å². The van der Waals surface area contributed by atoms with E-state index in [4.69, 9.17) is 37.7 Å². The fourth-order valence-electron chi connectivity index (χ4n) is 4.28. The van der Waals surface area contributed by atoms with E-state index in [2.05, 4.69) is 36.6 Å². The molecule has 2 N–H and O–H groups in total. The number of halogens is 2. The highest BCUT2D eigenvalue weighted by atomic mass is 35.5. The van der Waals surface area contributed by atoms with Gasteiger partial charge in [-0.25, -0.2) is 9.78 Å². The van der Waals surface area contributed by atoms with Crippen molar-refractivity contribution in [1.29, 1.82) is 0 Å². The number of nitrogens with zero attached hydrogens (tertiary/aromatic N) is 1. The molecule has 4 rings (SSSR count). The summed E-state index contributed by atoms with van der Waals surface area (Å²) in [6.07, 6.45) is 2.39. The normalized spacial score (nSPS) is 13.6. The molecule has 2 aromatic carbocycles. The van der Waals surface area contributed by atoms with Crippen LogP contribution >= 0.6 is 23.2 Å². The summed E-state index contributed by atoms with van der Waals surface area (Å²) in [5.74, 6) is 0.537. The molecule has 200 valence electrons. The molecule has 3 aromatic rings. The second-order valence-electron chi connectivity index (χ2n) is 9.90. The number of amides is 1. The van der Waals surface area contributed by atoms with Crippen LogP contribution in [0.3, 0.4) is 0 Å². The summed E-state index contributed by atoms with van der Waals surface area (Å²) in [5, 5.41) is 6.47. The molecule has 0 saturated heterocycles. The predicted molar refractivity (Wildman–Crippen MR) is 149 cm³/mol. The van der Waals surface area contributed by atoms with Gasteiger partial charge in [-0.2, -0.15) is 0 Å². The number of pyridine rings is 1. The van der Waals surface area contributed by atoms with E-state index in [1.54, 1.807) is 18.2 Å². The van der Waals surface area contributed by atoms with Gasteiger partial charge in [0.2, 0.25) is 0 Å². The number of aromatic nitrogens is 1. The van der Waals surface area contributed by atoms with Crippen LogP contribution < -0.4 is 15.4 Å². The number of aryl methyl sites for hydroxylation is 1. The van der Waals surface area contributed by atoms with Crippen molar-refractivity contribution < 1.29 is 19.1 Å². The van der Waals surface area contributed by atoms with Crippen molar-refractivity contribution in [3.8, 4) is 5.75 Å². The maximum Gasteiger partial charge on any atom is 0.328 e. The van der Waals surface area contributed by atoms with E-state index in [1.807, 2.05) is 24.3 Å². The summed E-state index contributed by atoms with van der Waals surface area (Å²) < 4.78 is 11.0. The third-order valence-electron chi connectivity index (χ3n) is 6.53. The highest BCUT2D eigenvalue weighted by molar-refractivity contribution is 6.39. The fourth-order valence-corrected chi connectivity index (χ4v) is 4.85. The average Bonchev–Trinajstić information content (AvgIpc) is 2.91. The van der Waals surface area contributed by atoms with E-state index >= 15 is 0 Å². The molecular formula is C29H31Cl2N3O4. The molecule has 7 nitrogen and oxygen atoms in total. The molecule has 1 aliphatic rings. The van der Waals surface area contributed by atoms with Crippen molar-refractivity contribution in [2.24, 2.45) is 0 Å². The van der Waals surface area contributed by atoms with Crippen LogP contribution in [0.4, 0.5) is 5.82 Å². The van der Waals surface area contributed by atoms with Crippen LogP contribution in [0.15, 0.2) is 54.6 Å². The van der Waals surface area contributed by atoms with Gasteiger partial charge in [-0.05, 0) is 54.3 Å². The Morgan fingerprint density at radius 2 is 1.79 bits per heavy atom. The summed E-state index contributed by atoms with van der Waals surface area (Å²) in [5.41, 5.74) is 2.86. The molecule has 1 amide bonds. The quantitative estimate of drug-likeness (QED) is 0.333. The molecule has 2 heterocycles. The maximum atomic E-state index is 12.8. The van der Waals surface area contributed by atoms with Gasteiger partial charge in [0.25, 0.3) is 5.91 Å². The van der Waals surface area contributed by atoms with E-state index in [1.165, 1.54) is 12.7 Å². The lowest BCUT2D eigenvalue weighted by molar-refractivity contribution is -0.142. The summed E-state index contributed by atoms with van der Waals surface area (Å²) >= 11 is 12.3. The largest absolute Gasteiger partial charge is 0.493 e. The van der Waals surface area contributed by atoms with Crippen molar-refractivity contribution in [1.82, 2.24) is 10.3 Å². The van der Waals surface area contributed by atoms with Crippen LogP contribution in [0.2, 0.25) is 10.0 Å². The minimum Gasteiger partial charge on any atom is -0.493 e. The number of hydrogen-bond donors (Lipinski definition) is 2. The van der Waals surface area contributed by atoms with Gasteiger partial charge in [0, 0.05) is 18.4 Å². The Kier molecular flexibility index (Phi) is 8.80. The first-order valence-electron chi connectivity index (χ1n) is 12.5. The zero-order valence-corrected chi connectivity index (χ0v) is 23.2. The second-order valence-corrected chi connectivity index (χ2v) is 10.7. The molecule has 1 atom stereocenters. The zero-order valence-electron chi connectivity index (χ0n) is 21.6. The highest BCUT2D eigenvalue weighted by Gasteiger charge is 2.26. The van der Waals surface area contributed by atoms with E-state index in [0.29, 0.717) is 12.4 Å². The monoisotopic (exact) mass is 555 g/mol. The molecule has 1 aromatic heterocycles. The van der Waals surface area contributed by atoms with E-state index < -0.39 is 17.9 Å². The van der Waals surface area contributed by atoms with Crippen molar-refractivity contribution in [2.75, 3.05) is 25.6 Å². The van der Waals surface area contributed by atoms with Crippen molar-refractivity contribution in [3.63, 3.8) is 0 Å². The lowest BCUT2D eigenvalue weighted by atomic mass is 9.89. The number of ether oxygens (including phenoxy) is 2. The number of benzene rings is 2. The number of carbonyl (C=O) groups excluding carboxylic acids is 2.